The molecule has 3 N–H and O–H groups in total. The highest BCUT2D eigenvalue weighted by atomic mass is 32.2. The van der Waals surface area contributed by atoms with E-state index in [1.807, 2.05) is 6.07 Å². The molecule has 34 heavy (non-hydrogen) atoms. The average Bonchev–Trinajstić information content (AvgIpc) is 3.03. The summed E-state index contributed by atoms with van der Waals surface area (Å²) in [6, 6.07) is 7.83. The third-order valence-electron chi connectivity index (χ3n) is 6.98. The van der Waals surface area contributed by atoms with Gasteiger partial charge in [-0.1, -0.05) is 0 Å². The molecule has 178 valence electrons. The quantitative estimate of drug-likeness (QED) is 0.566. The molecule has 0 saturated carbocycles. The highest BCUT2D eigenvalue weighted by Crippen LogP contribution is 2.52. The standard InChI is InChI=1S/C23H23F2N5O3S/c1-22(18-5-7-23(12-24,21(26)30-22)34(18,31)32)16-10-14(3-4-17(16)25)29-20-19-13(6-8-27-20)9-15(33-2)11-28-19/h3-4,6,8-11,18H,5,7,12H2,1-2H3,(H2,26,30)(H,27,29)/t18-,22+,23-/m0/s1. The van der Waals surface area contributed by atoms with Crippen LogP contribution in [0.5, 0.6) is 5.75 Å². The number of nitrogens with one attached hydrogen (secondary N) is 1. The molecule has 5 rings (SSSR count). The van der Waals surface area contributed by atoms with Gasteiger partial charge in [0.2, 0.25) is 0 Å². The number of pyridine rings is 2. The largest absolute Gasteiger partial charge is 0.495 e. The maximum Gasteiger partial charge on any atom is 0.171 e. The van der Waals surface area contributed by atoms with Crippen molar-refractivity contribution < 1.29 is 21.9 Å². The molecular formula is C23H23F2N5O3S. The minimum absolute atomic E-state index is 0.0238. The number of nitrogens with zero attached hydrogens (tertiary/aromatic N) is 3. The van der Waals surface area contributed by atoms with Crippen molar-refractivity contribution in [2.45, 2.75) is 35.3 Å². The molecule has 1 aromatic carbocycles. The number of nitrogens with two attached hydrogens (primary N) is 1. The predicted octanol–water partition coefficient (Wildman–Crippen LogP) is 3.39. The predicted molar refractivity (Wildman–Crippen MR) is 125 cm³/mol. The lowest BCUT2D eigenvalue weighted by atomic mass is 9.86. The average molecular weight is 488 g/mol. The molecule has 0 unspecified atom stereocenters. The first-order chi connectivity index (χ1) is 16.2. The van der Waals surface area contributed by atoms with Crippen LogP contribution in [0.3, 0.4) is 0 Å². The van der Waals surface area contributed by atoms with Crippen molar-refractivity contribution in [1.82, 2.24) is 9.97 Å². The Morgan fingerprint density at radius 2 is 2.06 bits per heavy atom. The van der Waals surface area contributed by atoms with Gasteiger partial charge in [0, 0.05) is 22.8 Å². The minimum Gasteiger partial charge on any atom is -0.495 e. The number of methoxy groups -OCH3 is 1. The van der Waals surface area contributed by atoms with E-state index in [-0.39, 0.29) is 24.2 Å². The number of aliphatic imine (C=N–C) groups is 1. The molecule has 2 bridgehead atoms. The van der Waals surface area contributed by atoms with Crippen LogP contribution in [0.25, 0.3) is 10.9 Å². The second kappa shape index (κ2) is 7.59. The topological polar surface area (TPSA) is 120 Å². The number of alkyl halides is 1. The summed E-state index contributed by atoms with van der Waals surface area (Å²) < 4.78 is 58.9. The van der Waals surface area contributed by atoms with Crippen LogP contribution in [0.2, 0.25) is 0 Å². The second-order valence-corrected chi connectivity index (χ2v) is 11.2. The van der Waals surface area contributed by atoms with Crippen molar-refractivity contribution in [2.24, 2.45) is 10.7 Å². The third kappa shape index (κ3) is 2.99. The molecule has 2 aromatic heterocycles. The lowest BCUT2D eigenvalue weighted by molar-refractivity contribution is 0.413. The number of fused-ring (bicyclic) bond motifs is 3. The number of ether oxygens (including phenoxy) is 1. The van der Waals surface area contributed by atoms with Crippen molar-refractivity contribution in [1.29, 1.82) is 0 Å². The van der Waals surface area contributed by atoms with Crippen molar-refractivity contribution in [3.8, 4) is 5.75 Å². The summed E-state index contributed by atoms with van der Waals surface area (Å²) in [6.45, 7) is 0.383. The number of rotatable bonds is 5. The van der Waals surface area contributed by atoms with Gasteiger partial charge in [-0.2, -0.15) is 0 Å². The van der Waals surface area contributed by atoms with Crippen LogP contribution in [-0.4, -0.2) is 48.0 Å². The van der Waals surface area contributed by atoms with Gasteiger partial charge in [-0.3, -0.25) is 4.99 Å². The van der Waals surface area contributed by atoms with E-state index in [4.69, 9.17) is 10.5 Å². The van der Waals surface area contributed by atoms with E-state index in [2.05, 4.69) is 20.3 Å². The van der Waals surface area contributed by atoms with Gasteiger partial charge in [0.15, 0.2) is 20.4 Å². The van der Waals surface area contributed by atoms with Crippen molar-refractivity contribution in [2.75, 3.05) is 19.1 Å². The molecule has 0 spiro atoms. The van der Waals surface area contributed by atoms with Crippen LogP contribution in [0.15, 0.2) is 47.7 Å². The summed E-state index contributed by atoms with van der Waals surface area (Å²) in [5, 5.41) is 2.83. The van der Waals surface area contributed by atoms with Crippen LogP contribution in [0.1, 0.15) is 25.3 Å². The molecule has 2 aliphatic rings. The zero-order chi connectivity index (χ0) is 24.3. The van der Waals surface area contributed by atoms with Gasteiger partial charge in [-0.15, -0.1) is 0 Å². The Bertz CT molecular complexity index is 1450. The van der Waals surface area contributed by atoms with Crippen LogP contribution in [-0.2, 0) is 15.4 Å². The number of amidine groups is 1. The molecule has 3 aromatic rings. The first-order valence-corrected chi connectivity index (χ1v) is 12.2. The fourth-order valence-corrected chi connectivity index (χ4v) is 7.68. The van der Waals surface area contributed by atoms with E-state index in [9.17, 15) is 12.8 Å². The lowest BCUT2D eigenvalue weighted by Crippen LogP contribution is -2.58. The minimum atomic E-state index is -4.02. The SMILES string of the molecule is COc1cnc2c(Nc3ccc(F)c([C@@]4(C)N=C(N)[C@@]5(CF)CC[C@@H]4S5(=O)=O)c3)nccc2c1. The molecule has 1 fully saturated rings. The maximum atomic E-state index is 15.1. The Kier molecular flexibility index (Phi) is 5.01. The summed E-state index contributed by atoms with van der Waals surface area (Å²) >= 11 is 0. The smallest absolute Gasteiger partial charge is 0.171 e. The van der Waals surface area contributed by atoms with E-state index in [1.165, 1.54) is 25.1 Å². The molecule has 0 amide bonds. The highest BCUT2D eigenvalue weighted by molar-refractivity contribution is 7.94. The first kappa shape index (κ1) is 22.5. The summed E-state index contributed by atoms with van der Waals surface area (Å²) in [6.07, 6.45) is 3.33. The van der Waals surface area contributed by atoms with E-state index >= 15 is 4.39 Å². The summed E-state index contributed by atoms with van der Waals surface area (Å²) in [7, 11) is -2.47. The highest BCUT2D eigenvalue weighted by Gasteiger charge is 2.65. The second-order valence-electron chi connectivity index (χ2n) is 8.77. The number of hydrogen-bond acceptors (Lipinski definition) is 8. The summed E-state index contributed by atoms with van der Waals surface area (Å²) in [4.78, 5) is 13.1. The van der Waals surface area contributed by atoms with Gasteiger partial charge in [0.25, 0.3) is 0 Å². The van der Waals surface area contributed by atoms with Gasteiger partial charge in [0.05, 0.1) is 18.6 Å². The van der Waals surface area contributed by atoms with E-state index < -0.39 is 37.9 Å². The summed E-state index contributed by atoms with van der Waals surface area (Å²) in [5.74, 6) is 0.0852. The van der Waals surface area contributed by atoms with Gasteiger partial charge in [-0.05, 0) is 50.1 Å². The lowest BCUT2D eigenvalue weighted by Gasteiger charge is -2.39. The van der Waals surface area contributed by atoms with Crippen molar-refractivity contribution in [3.63, 3.8) is 0 Å². The Labute approximate surface area is 195 Å². The number of aromatic nitrogens is 2. The van der Waals surface area contributed by atoms with Gasteiger partial charge in [-0.25, -0.2) is 27.2 Å². The van der Waals surface area contributed by atoms with E-state index in [0.29, 0.717) is 22.8 Å². The Hall–Kier alpha value is -3.34. The number of sulfone groups is 1. The normalized spacial score (nSPS) is 27.4. The molecule has 4 heterocycles. The zero-order valence-corrected chi connectivity index (χ0v) is 19.4. The van der Waals surface area contributed by atoms with Crippen LogP contribution < -0.4 is 15.8 Å². The summed E-state index contributed by atoms with van der Waals surface area (Å²) in [5.41, 5.74) is 5.60. The molecule has 0 radical (unpaired) electrons. The third-order valence-corrected chi connectivity index (χ3v) is 10.0. The number of hydrogen-bond donors (Lipinski definition) is 2. The molecular weight excluding hydrogens is 464 g/mol. The van der Waals surface area contributed by atoms with Crippen LogP contribution in [0.4, 0.5) is 20.3 Å². The molecule has 3 atom stereocenters. The molecule has 1 saturated heterocycles. The number of anilines is 2. The Morgan fingerprint density at radius 3 is 2.79 bits per heavy atom. The maximum absolute atomic E-state index is 15.1. The van der Waals surface area contributed by atoms with Crippen LogP contribution in [0, 0.1) is 5.82 Å². The molecule has 8 nitrogen and oxygen atoms in total. The monoisotopic (exact) mass is 487 g/mol. The van der Waals surface area contributed by atoms with Gasteiger partial charge in [0.1, 0.15) is 35.1 Å². The first-order valence-electron chi connectivity index (χ1n) is 10.7. The van der Waals surface area contributed by atoms with E-state index in [1.54, 1.807) is 25.6 Å². The van der Waals surface area contributed by atoms with E-state index in [0.717, 1.165) is 5.39 Å². The van der Waals surface area contributed by atoms with Crippen molar-refractivity contribution in [3.05, 3.63) is 54.1 Å². The Morgan fingerprint density at radius 1 is 1.26 bits per heavy atom. The molecule has 11 heteroatoms. The van der Waals surface area contributed by atoms with Gasteiger partial charge >= 0.3 is 0 Å². The van der Waals surface area contributed by atoms with Crippen molar-refractivity contribution >= 4 is 38.1 Å². The Balaban J connectivity index is 1.59. The van der Waals surface area contributed by atoms with Crippen LogP contribution >= 0.6 is 0 Å². The molecule has 2 aliphatic heterocycles. The molecule has 0 aliphatic carbocycles. The van der Waals surface area contributed by atoms with Gasteiger partial charge < -0.3 is 15.8 Å². The number of halogens is 2. The fraction of sp³-hybridized carbons (Fsp3) is 0.348. The fourth-order valence-electron chi connectivity index (χ4n) is 5.03. The number of benzene rings is 1. The zero-order valence-electron chi connectivity index (χ0n) is 18.5.